The number of carbonyl (C=O) groups excluding carboxylic acids is 1. The van der Waals surface area contributed by atoms with E-state index in [1.807, 2.05) is 6.07 Å². The van der Waals surface area contributed by atoms with E-state index in [0.29, 0.717) is 40.5 Å². The third kappa shape index (κ3) is 5.38. The molecule has 0 aliphatic heterocycles. The molecule has 1 heterocycles. The lowest BCUT2D eigenvalue weighted by Crippen LogP contribution is -2.07. The lowest BCUT2D eigenvalue weighted by atomic mass is 10.2. The van der Waals surface area contributed by atoms with Crippen LogP contribution in [0, 0.1) is 3.57 Å². The maximum Gasteiger partial charge on any atom is 0.247 e. The Kier molecular flexibility index (Phi) is 7.07. The number of rotatable bonds is 8. The fraction of sp³-hybridized carbons (Fsp3) is 0.0952. The maximum absolute atomic E-state index is 11.5. The topological polar surface area (TPSA) is 94.6 Å². The summed E-state index contributed by atoms with van der Waals surface area (Å²) in [5, 5.41) is 5.81. The van der Waals surface area contributed by atoms with Crippen LogP contribution in [-0.2, 0) is 4.79 Å². The number of methoxy groups -OCH3 is 2. The van der Waals surface area contributed by atoms with Crippen molar-refractivity contribution in [2.75, 3.05) is 24.9 Å². The number of nitrogens with zero attached hydrogens (tertiary/aromatic N) is 2. The third-order valence-corrected chi connectivity index (χ3v) is 4.61. The Morgan fingerprint density at radius 3 is 2.70 bits per heavy atom. The normalized spacial score (nSPS) is 10.1. The van der Waals surface area contributed by atoms with E-state index >= 15 is 0 Å². The summed E-state index contributed by atoms with van der Waals surface area (Å²) in [4.78, 5) is 20.2. The molecule has 0 spiro atoms. The molecule has 1 aromatic heterocycles. The van der Waals surface area contributed by atoms with Gasteiger partial charge in [-0.25, -0.2) is 4.98 Å². The van der Waals surface area contributed by atoms with Crippen LogP contribution in [0.4, 0.5) is 17.3 Å². The van der Waals surface area contributed by atoms with E-state index in [2.05, 4.69) is 49.8 Å². The van der Waals surface area contributed by atoms with Gasteiger partial charge in [0.25, 0.3) is 0 Å². The van der Waals surface area contributed by atoms with Crippen molar-refractivity contribution in [1.29, 1.82) is 0 Å². The lowest BCUT2D eigenvalue weighted by molar-refractivity contribution is -0.111. The Balaban J connectivity index is 1.82. The van der Waals surface area contributed by atoms with Crippen LogP contribution in [0.25, 0.3) is 0 Å². The molecule has 1 amide bonds. The molecular weight excluding hydrogens is 499 g/mol. The molecule has 0 aliphatic rings. The molecule has 0 saturated heterocycles. The predicted octanol–water partition coefficient (Wildman–Crippen LogP) is 4.76. The van der Waals surface area contributed by atoms with Crippen molar-refractivity contribution < 1.29 is 19.0 Å². The zero-order chi connectivity index (χ0) is 21.5. The maximum atomic E-state index is 11.5. The number of carbonyl (C=O) groups is 1. The monoisotopic (exact) mass is 518 g/mol. The summed E-state index contributed by atoms with van der Waals surface area (Å²) in [5.41, 5.74) is 1.27. The van der Waals surface area contributed by atoms with E-state index in [-0.39, 0.29) is 5.91 Å². The van der Waals surface area contributed by atoms with Gasteiger partial charge in [0.05, 0.1) is 23.5 Å². The van der Waals surface area contributed by atoms with Gasteiger partial charge in [-0.15, -0.1) is 0 Å². The Bertz CT molecular complexity index is 1070. The molecule has 9 heteroatoms. The first-order valence-electron chi connectivity index (χ1n) is 8.75. The average Bonchev–Trinajstić information content (AvgIpc) is 2.76. The van der Waals surface area contributed by atoms with E-state index in [4.69, 9.17) is 14.2 Å². The fourth-order valence-corrected chi connectivity index (χ4v) is 2.82. The van der Waals surface area contributed by atoms with Gasteiger partial charge in [-0.2, -0.15) is 4.98 Å². The van der Waals surface area contributed by atoms with Gasteiger partial charge in [0, 0.05) is 24.0 Å². The molecular formula is C21H19IN4O4. The van der Waals surface area contributed by atoms with Crippen molar-refractivity contribution in [2.24, 2.45) is 0 Å². The Morgan fingerprint density at radius 1 is 1.13 bits per heavy atom. The molecule has 0 bridgehead atoms. The molecule has 3 aromatic rings. The standard InChI is InChI=1S/C21H19IN4O4/c1-4-19(27)24-13-6-5-7-15(10-13)30-20-16(22)12-23-21(26-20)25-17-9-8-14(28-2)11-18(17)29-3/h4-12H,1H2,2-3H3,(H,24,27)(H,23,25,26). The van der Waals surface area contributed by atoms with Crippen molar-refractivity contribution in [3.05, 3.63) is 64.9 Å². The molecule has 0 saturated carbocycles. The average molecular weight is 518 g/mol. The number of amides is 1. The Labute approximate surface area is 187 Å². The van der Waals surface area contributed by atoms with Crippen molar-refractivity contribution in [3.8, 4) is 23.1 Å². The summed E-state index contributed by atoms with van der Waals surface area (Å²) in [7, 11) is 3.16. The molecule has 0 atom stereocenters. The minimum atomic E-state index is -0.302. The predicted molar refractivity (Wildman–Crippen MR) is 123 cm³/mol. The van der Waals surface area contributed by atoms with Crippen LogP contribution in [0.3, 0.4) is 0 Å². The molecule has 154 valence electrons. The largest absolute Gasteiger partial charge is 0.497 e. The molecule has 2 aromatic carbocycles. The van der Waals surface area contributed by atoms with E-state index in [1.54, 1.807) is 56.8 Å². The smallest absolute Gasteiger partial charge is 0.247 e. The molecule has 0 unspecified atom stereocenters. The van der Waals surface area contributed by atoms with Crippen LogP contribution in [0.15, 0.2) is 61.3 Å². The van der Waals surface area contributed by atoms with Crippen molar-refractivity contribution >= 4 is 45.8 Å². The zero-order valence-corrected chi connectivity index (χ0v) is 18.5. The van der Waals surface area contributed by atoms with Gasteiger partial charge in [-0.05, 0) is 52.9 Å². The summed E-state index contributed by atoms with van der Waals surface area (Å²) in [6, 6.07) is 12.4. The Morgan fingerprint density at radius 2 is 1.97 bits per heavy atom. The Hall–Kier alpha value is -3.34. The first-order valence-corrected chi connectivity index (χ1v) is 9.83. The summed E-state index contributed by atoms with van der Waals surface area (Å²) in [5.74, 6) is 2.18. The van der Waals surface area contributed by atoms with Gasteiger partial charge in [-0.1, -0.05) is 12.6 Å². The van der Waals surface area contributed by atoms with Crippen LogP contribution in [0.2, 0.25) is 0 Å². The van der Waals surface area contributed by atoms with E-state index in [9.17, 15) is 4.79 Å². The molecule has 0 radical (unpaired) electrons. The fourth-order valence-electron chi connectivity index (χ4n) is 2.45. The van der Waals surface area contributed by atoms with Crippen molar-refractivity contribution in [1.82, 2.24) is 9.97 Å². The second-order valence-electron chi connectivity index (χ2n) is 5.86. The third-order valence-electron chi connectivity index (χ3n) is 3.87. The van der Waals surface area contributed by atoms with Gasteiger partial charge in [0.15, 0.2) is 0 Å². The van der Waals surface area contributed by atoms with Crippen LogP contribution < -0.4 is 24.8 Å². The van der Waals surface area contributed by atoms with Crippen LogP contribution >= 0.6 is 22.6 Å². The minimum absolute atomic E-state index is 0.302. The molecule has 8 nitrogen and oxygen atoms in total. The molecule has 0 aliphatic carbocycles. The van der Waals surface area contributed by atoms with Crippen LogP contribution in [-0.4, -0.2) is 30.1 Å². The quantitative estimate of drug-likeness (QED) is 0.328. The zero-order valence-electron chi connectivity index (χ0n) is 16.3. The van der Waals surface area contributed by atoms with Crippen LogP contribution in [0.1, 0.15) is 0 Å². The number of hydrogen-bond donors (Lipinski definition) is 2. The first-order chi connectivity index (χ1) is 14.5. The van der Waals surface area contributed by atoms with Gasteiger partial charge < -0.3 is 24.8 Å². The highest BCUT2D eigenvalue weighted by molar-refractivity contribution is 14.1. The highest BCUT2D eigenvalue weighted by atomic mass is 127. The second kappa shape index (κ2) is 9.92. The van der Waals surface area contributed by atoms with Crippen LogP contribution in [0.5, 0.6) is 23.1 Å². The molecule has 2 N–H and O–H groups in total. The second-order valence-corrected chi connectivity index (χ2v) is 7.02. The molecule has 3 rings (SSSR count). The first kappa shape index (κ1) is 21.4. The number of anilines is 3. The summed E-state index contributed by atoms with van der Waals surface area (Å²) in [6.07, 6.45) is 2.84. The van der Waals surface area contributed by atoms with Gasteiger partial charge in [-0.3, -0.25) is 4.79 Å². The number of ether oxygens (including phenoxy) is 3. The summed E-state index contributed by atoms with van der Waals surface area (Å²) in [6.45, 7) is 3.44. The van der Waals surface area contributed by atoms with Crippen molar-refractivity contribution in [3.63, 3.8) is 0 Å². The summed E-state index contributed by atoms with van der Waals surface area (Å²) >= 11 is 2.09. The lowest BCUT2D eigenvalue weighted by Gasteiger charge is -2.13. The highest BCUT2D eigenvalue weighted by Gasteiger charge is 2.11. The number of benzene rings is 2. The number of aromatic nitrogens is 2. The molecule has 30 heavy (non-hydrogen) atoms. The van der Waals surface area contributed by atoms with E-state index < -0.39 is 0 Å². The number of hydrogen-bond acceptors (Lipinski definition) is 7. The van der Waals surface area contributed by atoms with Gasteiger partial charge in [0.1, 0.15) is 17.2 Å². The van der Waals surface area contributed by atoms with E-state index in [0.717, 1.165) is 3.57 Å². The van der Waals surface area contributed by atoms with Gasteiger partial charge >= 0.3 is 0 Å². The van der Waals surface area contributed by atoms with Gasteiger partial charge in [0.2, 0.25) is 17.7 Å². The number of nitrogens with one attached hydrogen (secondary N) is 2. The van der Waals surface area contributed by atoms with Crippen molar-refractivity contribution in [2.45, 2.75) is 0 Å². The summed E-state index contributed by atoms with van der Waals surface area (Å²) < 4.78 is 17.2. The minimum Gasteiger partial charge on any atom is -0.497 e. The highest BCUT2D eigenvalue weighted by Crippen LogP contribution is 2.32. The number of halogens is 1. The van der Waals surface area contributed by atoms with E-state index in [1.165, 1.54) is 6.08 Å². The molecule has 0 fully saturated rings. The SMILES string of the molecule is C=CC(=O)Nc1cccc(Oc2nc(Nc3ccc(OC)cc3OC)ncc2I)c1.